The fourth-order valence-corrected chi connectivity index (χ4v) is 4.02. The molecular weight excluding hydrogens is 298 g/mol. The van der Waals surface area contributed by atoms with Crippen LogP contribution >= 0.6 is 11.3 Å². The number of carbonyl (C=O) groups is 2. The van der Waals surface area contributed by atoms with Crippen LogP contribution in [0.5, 0.6) is 0 Å². The molecule has 0 bridgehead atoms. The van der Waals surface area contributed by atoms with E-state index in [-0.39, 0.29) is 23.9 Å². The molecule has 2 saturated heterocycles. The number of carbonyl (C=O) groups excluding carboxylic acids is 2. The van der Waals surface area contributed by atoms with Gasteiger partial charge in [0, 0.05) is 18.6 Å². The van der Waals surface area contributed by atoms with Gasteiger partial charge in [0.25, 0.3) is 5.91 Å². The van der Waals surface area contributed by atoms with Crippen LogP contribution in [0.2, 0.25) is 0 Å². The van der Waals surface area contributed by atoms with Gasteiger partial charge in [-0.15, -0.1) is 11.3 Å². The van der Waals surface area contributed by atoms with Gasteiger partial charge in [-0.3, -0.25) is 9.59 Å². The monoisotopic (exact) mass is 321 g/mol. The number of amides is 2. The van der Waals surface area contributed by atoms with E-state index in [0.717, 1.165) is 32.2 Å². The maximum absolute atomic E-state index is 12.6. The molecule has 2 fully saturated rings. The third-order valence-electron chi connectivity index (χ3n) is 4.64. The van der Waals surface area contributed by atoms with Crippen molar-refractivity contribution >= 4 is 23.2 Å². The number of hydrogen-bond acceptors (Lipinski definition) is 4. The van der Waals surface area contributed by atoms with Crippen molar-refractivity contribution in [3.8, 4) is 0 Å². The van der Waals surface area contributed by atoms with Gasteiger partial charge in [-0.2, -0.15) is 0 Å². The molecule has 5 nitrogen and oxygen atoms in total. The molecular formula is C16H23N3O2S. The first kappa shape index (κ1) is 15.5. The molecule has 2 N–H and O–H groups in total. The summed E-state index contributed by atoms with van der Waals surface area (Å²) in [4.78, 5) is 27.6. The van der Waals surface area contributed by atoms with Crippen LogP contribution in [0.15, 0.2) is 17.5 Å². The Hall–Kier alpha value is -1.40. The highest BCUT2D eigenvalue weighted by Gasteiger charge is 2.36. The molecule has 1 aromatic rings. The Kier molecular flexibility index (Phi) is 4.78. The smallest absolute Gasteiger partial charge is 0.264 e. The van der Waals surface area contributed by atoms with E-state index in [4.69, 9.17) is 0 Å². The molecule has 3 atom stereocenters. The SMILES string of the molecule is CC1NCCCC1NC(=O)C1CCCN1C(=O)c1cccs1. The molecule has 3 unspecified atom stereocenters. The fraction of sp³-hybridized carbons (Fsp3) is 0.625. The predicted octanol–water partition coefficient (Wildman–Crippen LogP) is 1.61. The maximum atomic E-state index is 12.6. The van der Waals surface area contributed by atoms with Gasteiger partial charge in [0.15, 0.2) is 0 Å². The van der Waals surface area contributed by atoms with Gasteiger partial charge in [0.2, 0.25) is 5.91 Å². The van der Waals surface area contributed by atoms with E-state index < -0.39 is 0 Å². The Morgan fingerprint density at radius 2 is 2.23 bits per heavy atom. The lowest BCUT2D eigenvalue weighted by Crippen LogP contribution is -2.56. The lowest BCUT2D eigenvalue weighted by atomic mass is 9.99. The average molecular weight is 321 g/mol. The molecule has 2 aliphatic rings. The number of likely N-dealkylation sites (tertiary alicyclic amines) is 1. The molecule has 2 amide bonds. The summed E-state index contributed by atoms with van der Waals surface area (Å²) in [6, 6.07) is 3.84. The summed E-state index contributed by atoms with van der Waals surface area (Å²) in [5.41, 5.74) is 0. The molecule has 0 saturated carbocycles. The van der Waals surface area contributed by atoms with Crippen molar-refractivity contribution in [1.82, 2.24) is 15.5 Å². The largest absolute Gasteiger partial charge is 0.350 e. The maximum Gasteiger partial charge on any atom is 0.264 e. The lowest BCUT2D eigenvalue weighted by Gasteiger charge is -2.32. The molecule has 120 valence electrons. The standard InChI is InChI=1S/C16H23N3O2S/c1-11-12(5-2-8-17-11)18-15(20)13-6-3-9-19(13)16(21)14-7-4-10-22-14/h4,7,10-13,17H,2-3,5-6,8-9H2,1H3,(H,18,20). The van der Waals surface area contributed by atoms with Gasteiger partial charge < -0.3 is 15.5 Å². The molecule has 2 aliphatic heterocycles. The average Bonchev–Trinajstić information content (AvgIpc) is 3.20. The van der Waals surface area contributed by atoms with Gasteiger partial charge in [-0.25, -0.2) is 0 Å². The number of hydrogen-bond donors (Lipinski definition) is 2. The molecule has 22 heavy (non-hydrogen) atoms. The van der Waals surface area contributed by atoms with Crippen LogP contribution in [0.25, 0.3) is 0 Å². The summed E-state index contributed by atoms with van der Waals surface area (Å²) in [7, 11) is 0. The Morgan fingerprint density at radius 3 is 2.95 bits per heavy atom. The minimum Gasteiger partial charge on any atom is -0.350 e. The zero-order chi connectivity index (χ0) is 15.5. The Labute approximate surface area is 135 Å². The topological polar surface area (TPSA) is 61.4 Å². The summed E-state index contributed by atoms with van der Waals surface area (Å²) < 4.78 is 0. The molecule has 0 radical (unpaired) electrons. The molecule has 1 aromatic heterocycles. The minimum absolute atomic E-state index is 0.00274. The van der Waals surface area contributed by atoms with E-state index in [2.05, 4.69) is 17.6 Å². The molecule has 3 rings (SSSR count). The number of nitrogens with one attached hydrogen (secondary N) is 2. The second kappa shape index (κ2) is 6.79. The normalized spacial score (nSPS) is 28.6. The van der Waals surface area contributed by atoms with Crippen molar-refractivity contribution in [2.75, 3.05) is 13.1 Å². The van der Waals surface area contributed by atoms with Crippen LogP contribution in [0, 0.1) is 0 Å². The third kappa shape index (κ3) is 3.17. The first-order chi connectivity index (χ1) is 10.7. The van der Waals surface area contributed by atoms with Gasteiger partial charge >= 0.3 is 0 Å². The highest BCUT2D eigenvalue weighted by atomic mass is 32.1. The number of rotatable bonds is 3. The van der Waals surface area contributed by atoms with Crippen molar-refractivity contribution in [3.63, 3.8) is 0 Å². The second-order valence-corrected chi connectivity index (χ2v) is 7.08. The Morgan fingerprint density at radius 1 is 1.36 bits per heavy atom. The minimum atomic E-state index is -0.316. The summed E-state index contributed by atoms with van der Waals surface area (Å²) >= 11 is 1.43. The van der Waals surface area contributed by atoms with Crippen molar-refractivity contribution < 1.29 is 9.59 Å². The van der Waals surface area contributed by atoms with E-state index >= 15 is 0 Å². The summed E-state index contributed by atoms with van der Waals surface area (Å²) in [5, 5.41) is 8.44. The molecule has 0 spiro atoms. The van der Waals surface area contributed by atoms with Gasteiger partial charge in [0.1, 0.15) is 6.04 Å². The first-order valence-corrected chi connectivity index (χ1v) is 8.93. The Balaban J connectivity index is 1.64. The van der Waals surface area contributed by atoms with Crippen LogP contribution in [-0.4, -0.2) is 47.9 Å². The predicted molar refractivity (Wildman–Crippen MR) is 87.0 cm³/mol. The van der Waals surface area contributed by atoms with E-state index in [1.54, 1.807) is 4.90 Å². The summed E-state index contributed by atoms with van der Waals surface area (Å²) in [5.74, 6) is -0.00887. The zero-order valence-corrected chi connectivity index (χ0v) is 13.7. The van der Waals surface area contributed by atoms with E-state index in [0.29, 0.717) is 17.5 Å². The van der Waals surface area contributed by atoms with Gasteiger partial charge in [-0.1, -0.05) is 6.07 Å². The van der Waals surface area contributed by atoms with Gasteiger partial charge in [-0.05, 0) is 50.6 Å². The van der Waals surface area contributed by atoms with Crippen LogP contribution in [0.4, 0.5) is 0 Å². The van der Waals surface area contributed by atoms with Crippen LogP contribution < -0.4 is 10.6 Å². The van der Waals surface area contributed by atoms with E-state index in [1.165, 1.54) is 11.3 Å². The highest BCUT2D eigenvalue weighted by Crippen LogP contribution is 2.23. The molecule has 0 aliphatic carbocycles. The van der Waals surface area contributed by atoms with Crippen molar-refractivity contribution in [2.45, 2.75) is 50.7 Å². The summed E-state index contributed by atoms with van der Waals surface area (Å²) in [6.45, 7) is 3.79. The van der Waals surface area contributed by atoms with Crippen LogP contribution in [0.1, 0.15) is 42.3 Å². The van der Waals surface area contributed by atoms with Crippen molar-refractivity contribution in [2.24, 2.45) is 0 Å². The molecule has 0 aromatic carbocycles. The summed E-state index contributed by atoms with van der Waals surface area (Å²) in [6.07, 6.45) is 3.74. The fourth-order valence-electron chi connectivity index (χ4n) is 3.34. The quantitative estimate of drug-likeness (QED) is 0.889. The molecule has 6 heteroatoms. The Bertz CT molecular complexity index is 532. The van der Waals surface area contributed by atoms with Crippen molar-refractivity contribution in [3.05, 3.63) is 22.4 Å². The van der Waals surface area contributed by atoms with Crippen molar-refractivity contribution in [1.29, 1.82) is 0 Å². The first-order valence-electron chi connectivity index (χ1n) is 8.05. The zero-order valence-electron chi connectivity index (χ0n) is 12.9. The highest BCUT2D eigenvalue weighted by molar-refractivity contribution is 7.12. The van der Waals surface area contributed by atoms with E-state index in [1.807, 2.05) is 17.5 Å². The lowest BCUT2D eigenvalue weighted by molar-refractivity contribution is -0.125. The van der Waals surface area contributed by atoms with E-state index in [9.17, 15) is 9.59 Å². The molecule has 3 heterocycles. The number of piperidine rings is 1. The van der Waals surface area contributed by atoms with Crippen LogP contribution in [-0.2, 0) is 4.79 Å². The number of thiophene rings is 1. The third-order valence-corrected chi connectivity index (χ3v) is 5.50. The second-order valence-electron chi connectivity index (χ2n) is 6.13. The number of nitrogens with zero attached hydrogens (tertiary/aromatic N) is 1. The van der Waals surface area contributed by atoms with Gasteiger partial charge in [0.05, 0.1) is 4.88 Å². The van der Waals surface area contributed by atoms with Crippen LogP contribution in [0.3, 0.4) is 0 Å².